The Morgan fingerprint density at radius 2 is 1.77 bits per heavy atom. The first-order chi connectivity index (χ1) is 20.8. The van der Waals surface area contributed by atoms with Gasteiger partial charge in [0.2, 0.25) is 0 Å². The molecule has 2 N–H and O–H groups in total. The summed E-state index contributed by atoms with van der Waals surface area (Å²) in [6, 6.07) is 19.1. The Labute approximate surface area is 255 Å². The summed E-state index contributed by atoms with van der Waals surface area (Å²) in [5.74, 6) is -1.31. The molecule has 2 aliphatic rings. The van der Waals surface area contributed by atoms with Crippen molar-refractivity contribution in [3.8, 4) is 0 Å². The maximum atomic E-state index is 13.1. The van der Waals surface area contributed by atoms with E-state index in [1.165, 1.54) is 29.5 Å². The number of rotatable bonds is 8. The zero-order valence-corrected chi connectivity index (χ0v) is 24.8. The molecule has 1 saturated heterocycles. The van der Waals surface area contributed by atoms with E-state index in [0.717, 1.165) is 20.5 Å². The lowest BCUT2D eigenvalue weighted by Crippen LogP contribution is -2.38. The summed E-state index contributed by atoms with van der Waals surface area (Å²) in [6.45, 7) is 3.97. The highest BCUT2D eigenvalue weighted by Crippen LogP contribution is 2.43. The normalized spacial score (nSPS) is 21.4. The standard InChI is InChI=1S/C31H27N3O7S2/c1-16-25(15-42-31-34-33-17(2)43-31)39-30(40-26(16)19-8-6-18(14-35)7-9-19)21-4-3-5-22(12-21)32-27(36)20-10-11-23-24(13-20)29(38)41-28(23)37/h3-13,16,25-26,30,35H,14-15H2,1-2H3,(H,32,36)/t16-,25+,26+,30?/m0/s1. The van der Waals surface area contributed by atoms with E-state index in [-0.39, 0.29) is 41.4 Å². The molecule has 1 aromatic heterocycles. The lowest BCUT2D eigenvalue weighted by Gasteiger charge is -2.41. The number of carbonyl (C=O) groups is 3. The zero-order valence-electron chi connectivity index (χ0n) is 23.2. The Morgan fingerprint density at radius 3 is 2.51 bits per heavy atom. The van der Waals surface area contributed by atoms with Gasteiger partial charge in [-0.05, 0) is 48.4 Å². The highest BCUT2D eigenvalue weighted by Gasteiger charge is 2.38. The monoisotopic (exact) mass is 617 g/mol. The Bertz CT molecular complexity index is 1690. The summed E-state index contributed by atoms with van der Waals surface area (Å²) in [5, 5.41) is 21.6. The fourth-order valence-electron chi connectivity index (χ4n) is 4.99. The largest absolute Gasteiger partial charge is 0.392 e. The number of hydrogen-bond donors (Lipinski definition) is 2. The summed E-state index contributed by atoms with van der Waals surface area (Å²) in [4.78, 5) is 36.8. The molecule has 0 bridgehead atoms. The molecule has 220 valence electrons. The van der Waals surface area contributed by atoms with E-state index in [1.807, 2.05) is 37.3 Å². The number of anilines is 1. The fourth-order valence-corrected chi connectivity index (χ4v) is 7.00. The Hall–Kier alpha value is -3.94. The Kier molecular flexibility index (Phi) is 8.37. The number of benzene rings is 3. The fraction of sp³-hybridized carbons (Fsp3) is 0.258. The van der Waals surface area contributed by atoms with Gasteiger partial charge in [0.1, 0.15) is 5.01 Å². The highest BCUT2D eigenvalue weighted by molar-refractivity contribution is 8.01. The SMILES string of the molecule is Cc1nnc(SC[C@H]2OC(c3cccc(NC(=O)c4ccc5c(c4)C(=O)OC5=O)c3)O[C@@H](c3ccc(CO)cc3)[C@H]2C)s1. The first-order valence-corrected chi connectivity index (χ1v) is 15.3. The molecule has 1 amide bonds. The number of hydrogen-bond acceptors (Lipinski definition) is 11. The average Bonchev–Trinajstić information content (AvgIpc) is 3.57. The summed E-state index contributed by atoms with van der Waals surface area (Å²) in [5.41, 5.74) is 3.42. The number of ether oxygens (including phenoxy) is 3. The molecule has 4 atom stereocenters. The topological polar surface area (TPSA) is 137 Å². The first kappa shape index (κ1) is 29.1. The van der Waals surface area contributed by atoms with Crippen LogP contribution in [-0.4, -0.2) is 45.0 Å². The molecule has 3 aromatic carbocycles. The maximum absolute atomic E-state index is 13.1. The van der Waals surface area contributed by atoms with E-state index in [4.69, 9.17) is 9.47 Å². The molecule has 0 saturated carbocycles. The van der Waals surface area contributed by atoms with Gasteiger partial charge in [-0.1, -0.05) is 66.4 Å². The van der Waals surface area contributed by atoms with Gasteiger partial charge < -0.3 is 24.6 Å². The van der Waals surface area contributed by atoms with Crippen molar-refractivity contribution in [3.63, 3.8) is 0 Å². The van der Waals surface area contributed by atoms with E-state index < -0.39 is 24.1 Å². The second-order valence-corrected chi connectivity index (χ2v) is 12.7. The lowest BCUT2D eigenvalue weighted by molar-refractivity contribution is -0.268. The van der Waals surface area contributed by atoms with Crippen molar-refractivity contribution >= 4 is 46.6 Å². The van der Waals surface area contributed by atoms with E-state index >= 15 is 0 Å². The molecule has 0 aliphatic carbocycles. The lowest BCUT2D eigenvalue weighted by atomic mass is 9.91. The summed E-state index contributed by atoms with van der Waals surface area (Å²) in [7, 11) is 0. The summed E-state index contributed by atoms with van der Waals surface area (Å²) < 4.78 is 18.5. The van der Waals surface area contributed by atoms with Crippen LogP contribution in [0.4, 0.5) is 5.69 Å². The molecule has 1 fully saturated rings. The minimum atomic E-state index is -0.771. The van der Waals surface area contributed by atoms with Crippen LogP contribution in [0.5, 0.6) is 0 Å². The maximum Gasteiger partial charge on any atom is 0.346 e. The van der Waals surface area contributed by atoms with Gasteiger partial charge in [-0.3, -0.25) is 4.79 Å². The number of aryl methyl sites for hydroxylation is 1. The molecule has 3 heterocycles. The van der Waals surface area contributed by atoms with E-state index in [1.54, 1.807) is 30.0 Å². The van der Waals surface area contributed by atoms with Gasteiger partial charge in [0, 0.05) is 28.5 Å². The molecule has 0 spiro atoms. The van der Waals surface area contributed by atoms with Gasteiger partial charge in [-0.15, -0.1) is 10.2 Å². The number of aromatic nitrogens is 2. The quantitative estimate of drug-likeness (QED) is 0.148. The number of amides is 1. The molecule has 2 aliphatic heterocycles. The summed E-state index contributed by atoms with van der Waals surface area (Å²) in [6.07, 6.45) is -1.21. The van der Waals surface area contributed by atoms with E-state index in [9.17, 15) is 19.5 Å². The second-order valence-electron chi connectivity index (χ2n) is 10.2. The van der Waals surface area contributed by atoms with Crippen molar-refractivity contribution in [2.45, 2.75) is 43.3 Å². The van der Waals surface area contributed by atoms with Gasteiger partial charge in [-0.25, -0.2) is 9.59 Å². The number of nitrogens with zero attached hydrogens (tertiary/aromatic N) is 2. The van der Waals surface area contributed by atoms with Crippen LogP contribution in [0.15, 0.2) is 71.1 Å². The molecule has 6 rings (SSSR count). The van der Waals surface area contributed by atoms with Crippen molar-refractivity contribution in [3.05, 3.63) is 105 Å². The first-order valence-electron chi connectivity index (χ1n) is 13.5. The van der Waals surface area contributed by atoms with E-state index in [0.29, 0.717) is 17.0 Å². The molecule has 0 radical (unpaired) electrons. The third-order valence-corrected chi connectivity index (χ3v) is 9.39. The Morgan fingerprint density at radius 1 is 0.977 bits per heavy atom. The van der Waals surface area contributed by atoms with Gasteiger partial charge in [0.15, 0.2) is 10.6 Å². The number of aliphatic hydroxyl groups is 1. The predicted octanol–water partition coefficient (Wildman–Crippen LogP) is 5.49. The van der Waals surface area contributed by atoms with Gasteiger partial charge >= 0.3 is 11.9 Å². The molecule has 43 heavy (non-hydrogen) atoms. The Balaban J connectivity index is 1.23. The highest BCUT2D eigenvalue weighted by atomic mass is 32.2. The molecular formula is C31H27N3O7S2. The van der Waals surface area contributed by atoms with E-state index in [2.05, 4.69) is 27.2 Å². The third-order valence-electron chi connectivity index (χ3n) is 7.33. The minimum Gasteiger partial charge on any atom is -0.392 e. The van der Waals surface area contributed by atoms with Crippen molar-refractivity contribution in [1.29, 1.82) is 0 Å². The van der Waals surface area contributed by atoms with Crippen LogP contribution in [0.1, 0.15) is 72.1 Å². The average molecular weight is 618 g/mol. The zero-order chi connectivity index (χ0) is 30.1. The van der Waals surface area contributed by atoms with Crippen LogP contribution in [0.3, 0.4) is 0 Å². The number of aliphatic hydroxyl groups excluding tert-OH is 1. The number of esters is 2. The van der Waals surface area contributed by atoms with Gasteiger partial charge in [0.05, 0.1) is 29.9 Å². The van der Waals surface area contributed by atoms with Crippen LogP contribution in [0, 0.1) is 12.8 Å². The predicted molar refractivity (Wildman–Crippen MR) is 159 cm³/mol. The van der Waals surface area contributed by atoms with Gasteiger partial charge in [0.25, 0.3) is 5.91 Å². The van der Waals surface area contributed by atoms with Crippen LogP contribution in [0.25, 0.3) is 0 Å². The van der Waals surface area contributed by atoms with Crippen LogP contribution in [-0.2, 0) is 20.8 Å². The number of thioether (sulfide) groups is 1. The number of cyclic esters (lactones) is 2. The van der Waals surface area contributed by atoms with Gasteiger partial charge in [-0.2, -0.15) is 0 Å². The van der Waals surface area contributed by atoms with Crippen molar-refractivity contribution in [2.24, 2.45) is 5.92 Å². The van der Waals surface area contributed by atoms with Crippen molar-refractivity contribution < 1.29 is 33.7 Å². The van der Waals surface area contributed by atoms with Crippen molar-refractivity contribution in [2.75, 3.05) is 11.1 Å². The second kappa shape index (κ2) is 12.3. The molecule has 10 nitrogen and oxygen atoms in total. The summed E-state index contributed by atoms with van der Waals surface area (Å²) >= 11 is 3.13. The molecule has 12 heteroatoms. The molecular weight excluding hydrogens is 590 g/mol. The van der Waals surface area contributed by atoms with Crippen LogP contribution >= 0.6 is 23.1 Å². The van der Waals surface area contributed by atoms with Crippen LogP contribution < -0.4 is 5.32 Å². The molecule has 1 unspecified atom stereocenters. The third kappa shape index (κ3) is 6.24. The van der Waals surface area contributed by atoms with Crippen molar-refractivity contribution in [1.82, 2.24) is 10.2 Å². The minimum absolute atomic E-state index is 0.000916. The molecule has 4 aromatic rings. The number of nitrogens with one attached hydrogen (secondary N) is 1. The number of carbonyl (C=O) groups excluding carboxylic acids is 3. The smallest absolute Gasteiger partial charge is 0.346 e. The number of fused-ring (bicyclic) bond motifs is 1. The van der Waals surface area contributed by atoms with Crippen LogP contribution in [0.2, 0.25) is 0 Å².